The normalized spacial score (nSPS) is 39.5. The Morgan fingerprint density at radius 2 is 1.60 bits per heavy atom. The van der Waals surface area contributed by atoms with Gasteiger partial charge in [-0.15, -0.1) is 0 Å². The summed E-state index contributed by atoms with van der Waals surface area (Å²) in [4.78, 5) is 89.0. The highest BCUT2D eigenvalue weighted by molar-refractivity contribution is 6.10. The molecule has 7 N–H and O–H groups in total. The maximum Gasteiger partial charge on any atom is 0.320 e. The summed E-state index contributed by atoms with van der Waals surface area (Å²) < 4.78 is 0. The van der Waals surface area contributed by atoms with E-state index in [0.29, 0.717) is 37.3 Å². The molecule has 0 aromatic carbocycles. The zero-order chi connectivity index (χ0) is 41.7. The molecule has 0 aromatic heterocycles. The lowest BCUT2D eigenvalue weighted by Gasteiger charge is -2.47. The standard InChI is InChI=1S/C42H68N12O6/c1-49-17-18-53(42(49)60)29-3-2-13-52(24-29)34-21-45-36(37(43)56)38(47-34)46-27-4-7-32(44-20-27)26-11-14-50(15-12-26)22-25-10-16-51(23-25)28-5-6-30-31(19-28)41(59)54(40(30)58)33-8-9-35(55)48-39(33)57/h25-34,36,38,44-47H,2-24H2,1H3,(H2,43,56)(H,48,55,57)/t25-,27?,28?,29-,30?,31?,32?,33-,34?,36?,38?/m1/s1. The van der Waals surface area contributed by atoms with Gasteiger partial charge in [0.15, 0.2) is 0 Å². The average molecular weight is 837 g/mol. The highest BCUT2D eigenvalue weighted by atomic mass is 16.2. The minimum Gasteiger partial charge on any atom is -0.368 e. The molecule has 9 rings (SSSR count). The number of fused-ring (bicyclic) bond motifs is 1. The van der Waals surface area contributed by atoms with Crippen LogP contribution in [0.15, 0.2) is 0 Å². The monoisotopic (exact) mass is 837 g/mol. The van der Waals surface area contributed by atoms with Crippen molar-refractivity contribution in [2.75, 3.05) is 79.0 Å². The van der Waals surface area contributed by atoms with Crippen LogP contribution in [0.5, 0.6) is 0 Å². The van der Waals surface area contributed by atoms with Crippen LogP contribution in [-0.2, 0) is 24.0 Å². The first-order chi connectivity index (χ1) is 29.0. The zero-order valence-electron chi connectivity index (χ0n) is 35.4. The number of likely N-dealkylation sites (tertiary alicyclic amines) is 4. The summed E-state index contributed by atoms with van der Waals surface area (Å²) in [7, 11) is 1.87. The van der Waals surface area contributed by atoms with Crippen LogP contribution in [0.25, 0.3) is 0 Å². The van der Waals surface area contributed by atoms with Crippen molar-refractivity contribution in [2.45, 2.75) is 126 Å². The van der Waals surface area contributed by atoms with Gasteiger partial charge in [-0.05, 0) is 109 Å². The number of likely N-dealkylation sites (N-methyl/N-ethyl adjacent to an activating group) is 1. The largest absolute Gasteiger partial charge is 0.368 e. The number of hydrogen-bond donors (Lipinski definition) is 6. The Morgan fingerprint density at radius 3 is 2.33 bits per heavy atom. The van der Waals surface area contributed by atoms with Crippen LogP contribution in [0.4, 0.5) is 4.79 Å². The number of imide groups is 2. The van der Waals surface area contributed by atoms with Crippen molar-refractivity contribution in [2.24, 2.45) is 29.4 Å². The number of piperazine rings is 1. The molecule has 18 heteroatoms. The Hall–Kier alpha value is -3.26. The number of carbonyl (C=O) groups is 6. The van der Waals surface area contributed by atoms with Gasteiger partial charge in [0.05, 0.1) is 24.2 Å². The molecule has 8 saturated heterocycles. The van der Waals surface area contributed by atoms with Gasteiger partial charge in [-0.1, -0.05) is 0 Å². The second kappa shape index (κ2) is 17.8. The number of nitrogens with one attached hydrogen (secondary N) is 5. The highest BCUT2D eigenvalue weighted by Crippen LogP contribution is 2.42. The van der Waals surface area contributed by atoms with Crippen molar-refractivity contribution in [1.29, 1.82) is 0 Å². The van der Waals surface area contributed by atoms with Gasteiger partial charge in [-0.25, -0.2) is 4.79 Å². The van der Waals surface area contributed by atoms with Crippen LogP contribution in [0.3, 0.4) is 0 Å². The van der Waals surface area contributed by atoms with Gasteiger partial charge in [-0.2, -0.15) is 0 Å². The molecule has 8 heterocycles. The summed E-state index contributed by atoms with van der Waals surface area (Å²) in [5, 5.41) is 17.1. The first-order valence-corrected chi connectivity index (χ1v) is 23.2. The lowest BCUT2D eigenvalue weighted by molar-refractivity contribution is -0.151. The number of carbonyl (C=O) groups excluding carboxylic acids is 6. The summed E-state index contributed by atoms with van der Waals surface area (Å²) in [5.74, 6) is -1.14. The number of rotatable bonds is 10. The molecule has 9 fully saturated rings. The van der Waals surface area contributed by atoms with E-state index in [1.165, 1.54) is 17.7 Å². The molecular weight excluding hydrogens is 769 g/mol. The molecule has 0 aromatic rings. The van der Waals surface area contributed by atoms with E-state index >= 15 is 0 Å². The Labute approximate surface area is 353 Å². The molecular formula is C42H68N12O6. The molecule has 0 bridgehead atoms. The third-order valence-corrected chi connectivity index (χ3v) is 16.0. The third kappa shape index (κ3) is 8.58. The summed E-state index contributed by atoms with van der Waals surface area (Å²) in [6, 6.07) is -0.0300. The topological polar surface area (TPSA) is 208 Å². The zero-order valence-corrected chi connectivity index (χ0v) is 35.4. The van der Waals surface area contributed by atoms with E-state index in [0.717, 1.165) is 104 Å². The summed E-state index contributed by atoms with van der Waals surface area (Å²) in [5.41, 5.74) is 5.89. The fourth-order valence-electron chi connectivity index (χ4n) is 12.6. The number of amides is 7. The summed E-state index contributed by atoms with van der Waals surface area (Å²) in [6.07, 6.45) is 10.1. The average Bonchev–Trinajstić information content (AvgIpc) is 3.93. The summed E-state index contributed by atoms with van der Waals surface area (Å²) in [6.45, 7) is 10.2. The van der Waals surface area contributed by atoms with Crippen LogP contribution in [0.1, 0.15) is 77.0 Å². The number of hydrogen-bond acceptors (Lipinski definition) is 13. The Kier molecular flexibility index (Phi) is 12.5. The van der Waals surface area contributed by atoms with Gasteiger partial charge in [0.2, 0.25) is 29.5 Å². The van der Waals surface area contributed by atoms with Crippen molar-refractivity contribution in [3.8, 4) is 0 Å². The molecule has 8 unspecified atom stereocenters. The van der Waals surface area contributed by atoms with E-state index in [1.807, 2.05) is 11.9 Å². The maximum absolute atomic E-state index is 13.5. The van der Waals surface area contributed by atoms with E-state index in [2.05, 4.69) is 41.3 Å². The van der Waals surface area contributed by atoms with E-state index in [-0.39, 0.29) is 84.8 Å². The fraction of sp³-hybridized carbons (Fsp3) is 0.857. The van der Waals surface area contributed by atoms with Gasteiger partial charge in [-0.3, -0.25) is 49.7 Å². The minimum atomic E-state index is -0.861. The van der Waals surface area contributed by atoms with Crippen molar-refractivity contribution < 1.29 is 28.8 Å². The molecule has 0 radical (unpaired) electrons. The smallest absolute Gasteiger partial charge is 0.320 e. The fourth-order valence-corrected chi connectivity index (χ4v) is 12.6. The SMILES string of the molecule is CN1CCN([C@@H]2CCCN(C3CNC(C(N)=O)C(NC4CCC(C5CCN(C[C@H]6CCN(C7CCC8C(=O)N([C@@H]9CCC(=O)NC9=O)C(=O)C8C7)C6)CC5)NC4)N3)C2)C1=O. The molecule has 60 heavy (non-hydrogen) atoms. The van der Waals surface area contributed by atoms with E-state index in [4.69, 9.17) is 5.73 Å². The molecule has 9 aliphatic rings. The van der Waals surface area contributed by atoms with Crippen molar-refractivity contribution in [3.05, 3.63) is 0 Å². The number of urea groups is 1. The predicted molar refractivity (Wildman–Crippen MR) is 220 cm³/mol. The lowest BCUT2D eigenvalue weighted by atomic mass is 9.78. The molecule has 1 aliphatic carbocycles. The quantitative estimate of drug-likeness (QED) is 0.135. The molecule has 1 saturated carbocycles. The highest BCUT2D eigenvalue weighted by Gasteiger charge is 2.55. The summed E-state index contributed by atoms with van der Waals surface area (Å²) >= 11 is 0. The molecule has 11 atom stereocenters. The molecule has 18 nitrogen and oxygen atoms in total. The second-order valence-corrected chi connectivity index (χ2v) is 19.6. The maximum atomic E-state index is 13.5. The first kappa shape index (κ1) is 42.1. The van der Waals surface area contributed by atoms with E-state index in [1.54, 1.807) is 4.90 Å². The third-order valence-electron chi connectivity index (χ3n) is 16.0. The number of primary amides is 1. The Bertz CT molecular complexity index is 1650. The van der Waals surface area contributed by atoms with Crippen LogP contribution in [0, 0.1) is 23.7 Å². The van der Waals surface area contributed by atoms with Crippen LogP contribution >= 0.6 is 0 Å². The number of piperidine rings is 4. The molecule has 8 aliphatic heterocycles. The van der Waals surface area contributed by atoms with Crippen LogP contribution in [-0.4, -0.2) is 193 Å². The van der Waals surface area contributed by atoms with Crippen LogP contribution in [0.2, 0.25) is 0 Å². The number of nitrogens with two attached hydrogens (primary N) is 1. The minimum absolute atomic E-state index is 0.0442. The molecule has 7 amide bonds. The lowest BCUT2D eigenvalue weighted by Crippen LogP contribution is -2.74. The van der Waals surface area contributed by atoms with Gasteiger partial charge < -0.3 is 36.0 Å². The van der Waals surface area contributed by atoms with Gasteiger partial charge in [0.1, 0.15) is 12.1 Å². The predicted octanol–water partition coefficient (Wildman–Crippen LogP) is -1.78. The van der Waals surface area contributed by atoms with Crippen molar-refractivity contribution in [3.63, 3.8) is 0 Å². The van der Waals surface area contributed by atoms with Crippen LogP contribution < -0.4 is 32.3 Å². The van der Waals surface area contributed by atoms with Crippen molar-refractivity contribution >= 4 is 35.6 Å². The Morgan fingerprint density at radius 1 is 0.783 bits per heavy atom. The second-order valence-electron chi connectivity index (χ2n) is 19.6. The van der Waals surface area contributed by atoms with Crippen molar-refractivity contribution in [1.82, 2.24) is 56.0 Å². The van der Waals surface area contributed by atoms with Gasteiger partial charge in [0.25, 0.3) is 0 Å². The first-order valence-electron chi connectivity index (χ1n) is 23.2. The number of nitrogens with zero attached hydrogens (tertiary/aromatic N) is 6. The Balaban J connectivity index is 0.695. The van der Waals surface area contributed by atoms with E-state index in [9.17, 15) is 28.8 Å². The van der Waals surface area contributed by atoms with E-state index < -0.39 is 18.0 Å². The van der Waals surface area contributed by atoms with Gasteiger partial charge in [0, 0.05) is 83.4 Å². The molecule has 332 valence electrons. The van der Waals surface area contributed by atoms with Gasteiger partial charge >= 0.3 is 6.03 Å². The molecule has 0 spiro atoms.